The molecule has 5 heteroatoms. The van der Waals surface area contributed by atoms with E-state index in [1.165, 1.54) is 0 Å². The van der Waals surface area contributed by atoms with Crippen molar-refractivity contribution in [2.45, 2.75) is 27.3 Å². The highest BCUT2D eigenvalue weighted by Crippen LogP contribution is 2.28. The van der Waals surface area contributed by atoms with E-state index >= 15 is 0 Å². The van der Waals surface area contributed by atoms with Crippen LogP contribution in [0.5, 0.6) is 11.5 Å². The van der Waals surface area contributed by atoms with Gasteiger partial charge in [0.1, 0.15) is 6.61 Å². The smallest absolute Gasteiger partial charge is 0.238 e. The molecule has 2 aromatic rings. The molecule has 0 saturated heterocycles. The van der Waals surface area contributed by atoms with Gasteiger partial charge < -0.3 is 20.1 Å². The predicted octanol–water partition coefficient (Wildman–Crippen LogP) is 4.00. The van der Waals surface area contributed by atoms with Crippen LogP contribution in [0, 0.1) is 13.8 Å². The topological polar surface area (TPSA) is 59.6 Å². The number of ether oxygens (including phenoxy) is 2. The lowest BCUT2D eigenvalue weighted by Gasteiger charge is -2.14. The largest absolute Gasteiger partial charge is 0.493 e. The van der Waals surface area contributed by atoms with Crippen molar-refractivity contribution in [1.82, 2.24) is 5.32 Å². The van der Waals surface area contributed by atoms with Crippen molar-refractivity contribution < 1.29 is 14.3 Å². The zero-order valence-corrected chi connectivity index (χ0v) is 16.5. The lowest BCUT2D eigenvalue weighted by molar-refractivity contribution is -0.115. The Morgan fingerprint density at radius 2 is 1.81 bits per heavy atom. The van der Waals surface area contributed by atoms with Gasteiger partial charge in [-0.05, 0) is 55.2 Å². The number of carbonyl (C=O) groups excluding carboxylic acids is 1. The van der Waals surface area contributed by atoms with Crippen molar-refractivity contribution in [3.8, 4) is 11.5 Å². The SMILES string of the molecule is C=C(C)COc1cc(CNCC(=O)Nc2c(C)cccc2C)ccc1OC. The maximum atomic E-state index is 12.2. The molecule has 2 N–H and O–H groups in total. The maximum absolute atomic E-state index is 12.2. The van der Waals surface area contributed by atoms with Gasteiger partial charge in [-0.1, -0.05) is 30.8 Å². The fourth-order valence-electron chi connectivity index (χ4n) is 2.66. The molecule has 27 heavy (non-hydrogen) atoms. The lowest BCUT2D eigenvalue weighted by Crippen LogP contribution is -2.28. The molecule has 0 aliphatic heterocycles. The summed E-state index contributed by atoms with van der Waals surface area (Å²) in [7, 11) is 1.61. The van der Waals surface area contributed by atoms with E-state index in [9.17, 15) is 4.79 Å². The summed E-state index contributed by atoms with van der Waals surface area (Å²) in [6.07, 6.45) is 0. The molecule has 0 bridgehead atoms. The van der Waals surface area contributed by atoms with Gasteiger partial charge in [-0.2, -0.15) is 0 Å². The van der Waals surface area contributed by atoms with Crippen LogP contribution in [0.2, 0.25) is 0 Å². The monoisotopic (exact) mass is 368 g/mol. The summed E-state index contributed by atoms with van der Waals surface area (Å²) in [5.74, 6) is 1.27. The van der Waals surface area contributed by atoms with Crippen LogP contribution in [0.25, 0.3) is 0 Å². The van der Waals surface area contributed by atoms with Crippen LogP contribution in [-0.4, -0.2) is 26.2 Å². The highest BCUT2D eigenvalue weighted by molar-refractivity contribution is 5.93. The zero-order valence-electron chi connectivity index (χ0n) is 16.5. The first-order valence-corrected chi connectivity index (χ1v) is 8.91. The minimum atomic E-state index is -0.0698. The molecular formula is C22H28N2O3. The van der Waals surface area contributed by atoms with Crippen molar-refractivity contribution in [3.63, 3.8) is 0 Å². The molecule has 0 aromatic heterocycles. The Morgan fingerprint density at radius 3 is 2.44 bits per heavy atom. The second kappa shape index (κ2) is 9.78. The second-order valence-electron chi connectivity index (χ2n) is 6.65. The van der Waals surface area contributed by atoms with Crippen LogP contribution in [0.15, 0.2) is 48.6 Å². The van der Waals surface area contributed by atoms with E-state index in [2.05, 4.69) is 17.2 Å². The van der Waals surface area contributed by atoms with Gasteiger partial charge in [0.2, 0.25) is 5.91 Å². The highest BCUT2D eigenvalue weighted by atomic mass is 16.5. The number of anilines is 1. The van der Waals surface area contributed by atoms with Gasteiger partial charge >= 0.3 is 0 Å². The van der Waals surface area contributed by atoms with E-state index in [4.69, 9.17) is 9.47 Å². The number of benzene rings is 2. The first-order valence-electron chi connectivity index (χ1n) is 8.91. The molecule has 0 aliphatic rings. The molecule has 144 valence electrons. The van der Waals surface area contributed by atoms with E-state index in [-0.39, 0.29) is 12.5 Å². The summed E-state index contributed by atoms with van der Waals surface area (Å²) < 4.78 is 11.1. The van der Waals surface area contributed by atoms with Crippen molar-refractivity contribution in [2.24, 2.45) is 0 Å². The first kappa shape index (κ1) is 20.5. The fourth-order valence-corrected chi connectivity index (χ4v) is 2.66. The predicted molar refractivity (Wildman–Crippen MR) is 110 cm³/mol. The number of hydrogen-bond donors (Lipinski definition) is 2. The van der Waals surface area contributed by atoms with Crippen molar-refractivity contribution in [1.29, 1.82) is 0 Å². The fraction of sp³-hybridized carbons (Fsp3) is 0.318. The molecule has 0 atom stereocenters. The number of carbonyl (C=O) groups is 1. The average molecular weight is 368 g/mol. The average Bonchev–Trinajstić information content (AvgIpc) is 2.63. The van der Waals surface area contributed by atoms with Gasteiger partial charge in [0.25, 0.3) is 0 Å². The molecule has 2 aromatic carbocycles. The van der Waals surface area contributed by atoms with Crippen molar-refractivity contribution in [3.05, 3.63) is 65.2 Å². The summed E-state index contributed by atoms with van der Waals surface area (Å²) in [5, 5.41) is 6.14. The van der Waals surface area contributed by atoms with Gasteiger partial charge in [0.05, 0.1) is 13.7 Å². The Balaban J connectivity index is 1.91. The quantitative estimate of drug-likeness (QED) is 0.657. The second-order valence-corrected chi connectivity index (χ2v) is 6.65. The van der Waals surface area contributed by atoms with E-state index in [1.54, 1.807) is 7.11 Å². The van der Waals surface area contributed by atoms with Crippen LogP contribution in [0.1, 0.15) is 23.6 Å². The van der Waals surface area contributed by atoms with Gasteiger partial charge in [0, 0.05) is 12.2 Å². The first-order chi connectivity index (χ1) is 12.9. The van der Waals surface area contributed by atoms with Crippen LogP contribution in [0.4, 0.5) is 5.69 Å². The molecule has 0 heterocycles. The summed E-state index contributed by atoms with van der Waals surface area (Å²) in [6, 6.07) is 11.7. The van der Waals surface area contributed by atoms with Gasteiger partial charge in [-0.3, -0.25) is 4.79 Å². The number of rotatable bonds is 9. The third-order valence-corrected chi connectivity index (χ3v) is 4.06. The van der Waals surface area contributed by atoms with Gasteiger partial charge in [0.15, 0.2) is 11.5 Å². The number of nitrogens with one attached hydrogen (secondary N) is 2. The van der Waals surface area contributed by atoms with Crippen LogP contribution < -0.4 is 20.1 Å². The Bertz CT molecular complexity index is 795. The minimum Gasteiger partial charge on any atom is -0.493 e. The van der Waals surface area contributed by atoms with Crippen molar-refractivity contribution >= 4 is 11.6 Å². The molecule has 1 amide bonds. The van der Waals surface area contributed by atoms with E-state index in [0.717, 1.165) is 28.0 Å². The number of amides is 1. The molecule has 0 saturated carbocycles. The summed E-state index contributed by atoms with van der Waals surface area (Å²) in [5.41, 5.74) is 4.93. The third-order valence-electron chi connectivity index (χ3n) is 4.06. The van der Waals surface area contributed by atoms with Gasteiger partial charge in [-0.25, -0.2) is 0 Å². The van der Waals surface area contributed by atoms with E-state index < -0.39 is 0 Å². The lowest BCUT2D eigenvalue weighted by atomic mass is 10.1. The summed E-state index contributed by atoms with van der Waals surface area (Å²) in [4.78, 5) is 12.2. The summed E-state index contributed by atoms with van der Waals surface area (Å²) >= 11 is 0. The summed E-state index contributed by atoms with van der Waals surface area (Å²) in [6.45, 7) is 10.9. The third kappa shape index (κ3) is 6.15. The number of methoxy groups -OCH3 is 1. The number of hydrogen-bond acceptors (Lipinski definition) is 4. The standard InChI is InChI=1S/C22H28N2O3/c1-15(2)14-27-20-11-18(9-10-19(20)26-5)12-23-13-21(25)24-22-16(3)7-6-8-17(22)4/h6-11,23H,1,12-14H2,2-5H3,(H,24,25). The highest BCUT2D eigenvalue weighted by Gasteiger charge is 2.09. The molecule has 5 nitrogen and oxygen atoms in total. The van der Waals surface area contributed by atoms with E-state index in [0.29, 0.717) is 24.7 Å². The Kier molecular flexibility index (Phi) is 7.44. The number of aryl methyl sites for hydroxylation is 2. The van der Waals surface area contributed by atoms with E-state index in [1.807, 2.05) is 57.2 Å². The Labute approximate surface area is 161 Å². The molecule has 2 rings (SSSR count). The molecule has 0 unspecified atom stereocenters. The van der Waals surface area contributed by atoms with Gasteiger partial charge in [-0.15, -0.1) is 0 Å². The molecule has 0 radical (unpaired) electrons. The van der Waals surface area contributed by atoms with Crippen LogP contribution >= 0.6 is 0 Å². The molecule has 0 fully saturated rings. The Morgan fingerprint density at radius 1 is 1.11 bits per heavy atom. The molecule has 0 aliphatic carbocycles. The normalized spacial score (nSPS) is 10.4. The van der Waals surface area contributed by atoms with Crippen molar-refractivity contribution in [2.75, 3.05) is 25.6 Å². The zero-order chi connectivity index (χ0) is 19.8. The Hall–Kier alpha value is -2.79. The van der Waals surface area contributed by atoms with Crippen LogP contribution in [0.3, 0.4) is 0 Å². The van der Waals surface area contributed by atoms with Crippen LogP contribution in [-0.2, 0) is 11.3 Å². The minimum absolute atomic E-state index is 0.0698. The maximum Gasteiger partial charge on any atom is 0.238 e. The molecule has 0 spiro atoms. The number of para-hydroxylation sites is 1. The molecular weight excluding hydrogens is 340 g/mol.